The smallest absolute Gasteiger partial charge is 0.236 e. The molecule has 1 aromatic heterocycles. The van der Waals surface area contributed by atoms with Crippen LogP contribution >= 0.6 is 0 Å². The standard InChI is InChI=1S/C29H31N5O2/c1-36-28-11-4-8-25(18-28)22-33(21-24-7-3-10-27(17-24)34-14-5-12-31-34)26-9-2-6-23(16-26)20-32-15-13-30-19-29(32)35/h2-12,14,16-18,30H,13,15,19-22H2,1H3. The fraction of sp³-hybridized carbons (Fsp3) is 0.241. The summed E-state index contributed by atoms with van der Waals surface area (Å²) in [7, 11) is 1.69. The van der Waals surface area contributed by atoms with Crippen LogP contribution in [0.15, 0.2) is 91.3 Å². The predicted molar refractivity (Wildman–Crippen MR) is 141 cm³/mol. The summed E-state index contributed by atoms with van der Waals surface area (Å²) in [5.41, 5.74) is 5.63. The number of piperazine rings is 1. The SMILES string of the molecule is COc1cccc(CN(Cc2cccc(-n3cccn3)c2)c2cccc(CN3CCNCC3=O)c2)c1. The van der Waals surface area contributed by atoms with Crippen molar-refractivity contribution in [2.24, 2.45) is 0 Å². The highest BCUT2D eigenvalue weighted by atomic mass is 16.5. The van der Waals surface area contributed by atoms with Crippen LogP contribution in [-0.2, 0) is 24.4 Å². The number of carbonyl (C=O) groups excluding carboxylic acids is 1. The highest BCUT2D eigenvalue weighted by Crippen LogP contribution is 2.24. The molecule has 5 rings (SSSR count). The first-order valence-corrected chi connectivity index (χ1v) is 12.2. The molecule has 3 aromatic carbocycles. The lowest BCUT2D eigenvalue weighted by molar-refractivity contribution is -0.132. The summed E-state index contributed by atoms with van der Waals surface area (Å²) in [6.07, 6.45) is 3.74. The third kappa shape index (κ3) is 5.75. The van der Waals surface area contributed by atoms with Gasteiger partial charge in [-0.15, -0.1) is 0 Å². The minimum atomic E-state index is 0.148. The number of nitrogens with one attached hydrogen (secondary N) is 1. The minimum absolute atomic E-state index is 0.148. The van der Waals surface area contributed by atoms with Crippen molar-refractivity contribution >= 4 is 11.6 Å². The normalized spacial score (nSPS) is 13.6. The molecule has 0 unspecified atom stereocenters. The molecule has 2 heterocycles. The van der Waals surface area contributed by atoms with E-state index < -0.39 is 0 Å². The minimum Gasteiger partial charge on any atom is -0.497 e. The number of nitrogens with zero attached hydrogens (tertiary/aromatic N) is 4. The number of hydrogen-bond acceptors (Lipinski definition) is 5. The van der Waals surface area contributed by atoms with Gasteiger partial charge in [0.1, 0.15) is 5.75 Å². The zero-order valence-electron chi connectivity index (χ0n) is 20.5. The van der Waals surface area contributed by atoms with Gasteiger partial charge in [0.2, 0.25) is 5.91 Å². The third-order valence-electron chi connectivity index (χ3n) is 6.40. The maximum absolute atomic E-state index is 12.3. The van der Waals surface area contributed by atoms with E-state index in [1.165, 1.54) is 11.1 Å². The van der Waals surface area contributed by atoms with E-state index in [2.05, 4.69) is 76.0 Å². The van der Waals surface area contributed by atoms with Crippen LogP contribution in [0.25, 0.3) is 5.69 Å². The van der Waals surface area contributed by atoms with Gasteiger partial charge in [0, 0.05) is 50.8 Å². The maximum Gasteiger partial charge on any atom is 0.236 e. The second kappa shape index (κ2) is 11.1. The number of carbonyl (C=O) groups is 1. The van der Waals surface area contributed by atoms with E-state index in [4.69, 9.17) is 4.74 Å². The molecule has 0 radical (unpaired) electrons. The Morgan fingerprint density at radius 1 is 0.944 bits per heavy atom. The molecule has 0 bridgehead atoms. The van der Waals surface area contributed by atoms with E-state index in [1.54, 1.807) is 13.3 Å². The average Bonchev–Trinajstić information content (AvgIpc) is 3.46. The van der Waals surface area contributed by atoms with Gasteiger partial charge in [-0.05, 0) is 59.2 Å². The summed E-state index contributed by atoms with van der Waals surface area (Å²) in [6, 6.07) is 27.1. The largest absolute Gasteiger partial charge is 0.497 e. The number of aromatic nitrogens is 2. The Bertz CT molecular complexity index is 1300. The number of benzene rings is 3. The van der Waals surface area contributed by atoms with Crippen LogP contribution < -0.4 is 15.0 Å². The molecule has 4 aromatic rings. The van der Waals surface area contributed by atoms with Crippen molar-refractivity contribution in [2.75, 3.05) is 31.6 Å². The van der Waals surface area contributed by atoms with Crippen LogP contribution in [0.5, 0.6) is 5.75 Å². The van der Waals surface area contributed by atoms with Gasteiger partial charge in [-0.3, -0.25) is 4.79 Å². The highest BCUT2D eigenvalue weighted by molar-refractivity contribution is 5.79. The first-order chi connectivity index (χ1) is 17.7. The fourth-order valence-corrected chi connectivity index (χ4v) is 4.55. The fourth-order valence-electron chi connectivity index (χ4n) is 4.55. The molecule has 0 spiro atoms. The third-order valence-corrected chi connectivity index (χ3v) is 6.40. The first-order valence-electron chi connectivity index (χ1n) is 12.2. The summed E-state index contributed by atoms with van der Waals surface area (Å²) in [4.78, 5) is 16.6. The number of methoxy groups -OCH3 is 1. The van der Waals surface area contributed by atoms with Crippen LogP contribution in [-0.4, -0.2) is 47.3 Å². The zero-order chi connectivity index (χ0) is 24.7. The van der Waals surface area contributed by atoms with Crippen molar-refractivity contribution in [3.63, 3.8) is 0 Å². The summed E-state index contributed by atoms with van der Waals surface area (Å²) in [6.45, 7) is 4.04. The second-order valence-corrected chi connectivity index (χ2v) is 8.99. The molecule has 1 aliphatic rings. The van der Waals surface area contributed by atoms with Gasteiger partial charge in [0.05, 0.1) is 19.3 Å². The molecule has 0 aliphatic carbocycles. The molecule has 1 saturated heterocycles. The monoisotopic (exact) mass is 481 g/mol. The molecular formula is C29H31N5O2. The zero-order valence-corrected chi connectivity index (χ0v) is 20.5. The Labute approximate surface area is 211 Å². The van der Waals surface area contributed by atoms with Gasteiger partial charge in [0.15, 0.2) is 0 Å². The van der Waals surface area contributed by atoms with Crippen molar-refractivity contribution in [1.82, 2.24) is 20.0 Å². The molecule has 1 amide bonds. The van der Waals surface area contributed by atoms with Crippen LogP contribution in [0.4, 0.5) is 5.69 Å². The number of ether oxygens (including phenoxy) is 1. The molecule has 0 atom stereocenters. The van der Waals surface area contributed by atoms with Gasteiger partial charge in [0.25, 0.3) is 0 Å². The average molecular weight is 482 g/mol. The quantitative estimate of drug-likeness (QED) is 0.391. The van der Waals surface area contributed by atoms with Crippen LogP contribution in [0.3, 0.4) is 0 Å². The Hall–Kier alpha value is -4.10. The lowest BCUT2D eigenvalue weighted by Crippen LogP contribution is -2.47. The summed E-state index contributed by atoms with van der Waals surface area (Å²) in [5.74, 6) is 0.995. The molecule has 1 N–H and O–H groups in total. The van der Waals surface area contributed by atoms with E-state index in [-0.39, 0.29) is 5.91 Å². The molecule has 0 saturated carbocycles. The topological polar surface area (TPSA) is 62.6 Å². The van der Waals surface area contributed by atoms with Crippen molar-refractivity contribution in [2.45, 2.75) is 19.6 Å². The lowest BCUT2D eigenvalue weighted by Gasteiger charge is -2.29. The van der Waals surface area contributed by atoms with Crippen molar-refractivity contribution < 1.29 is 9.53 Å². The molecule has 7 heteroatoms. The van der Waals surface area contributed by atoms with Crippen molar-refractivity contribution in [3.8, 4) is 11.4 Å². The summed E-state index contributed by atoms with van der Waals surface area (Å²) in [5, 5.41) is 7.52. The van der Waals surface area contributed by atoms with Crippen molar-refractivity contribution in [1.29, 1.82) is 0 Å². The Morgan fingerprint density at radius 2 is 1.72 bits per heavy atom. The van der Waals surface area contributed by atoms with E-state index in [9.17, 15) is 4.79 Å². The summed E-state index contributed by atoms with van der Waals surface area (Å²) < 4.78 is 7.34. The van der Waals surface area contributed by atoms with E-state index >= 15 is 0 Å². The maximum atomic E-state index is 12.3. The number of amides is 1. The van der Waals surface area contributed by atoms with Gasteiger partial charge in [-0.25, -0.2) is 4.68 Å². The molecule has 7 nitrogen and oxygen atoms in total. The van der Waals surface area contributed by atoms with Gasteiger partial charge in [-0.1, -0.05) is 36.4 Å². The van der Waals surface area contributed by atoms with E-state index in [0.29, 0.717) is 13.1 Å². The van der Waals surface area contributed by atoms with Crippen molar-refractivity contribution in [3.05, 3.63) is 108 Å². The number of anilines is 1. The molecule has 1 aliphatic heterocycles. The highest BCUT2D eigenvalue weighted by Gasteiger charge is 2.18. The molecule has 1 fully saturated rings. The Kier molecular flexibility index (Phi) is 7.28. The van der Waals surface area contributed by atoms with E-state index in [1.807, 2.05) is 34.0 Å². The Balaban J connectivity index is 1.43. The first kappa shape index (κ1) is 23.6. The van der Waals surface area contributed by atoms with Gasteiger partial charge in [-0.2, -0.15) is 5.10 Å². The number of rotatable bonds is 9. The van der Waals surface area contributed by atoms with Crippen LogP contribution in [0.1, 0.15) is 16.7 Å². The summed E-state index contributed by atoms with van der Waals surface area (Å²) >= 11 is 0. The molecule has 36 heavy (non-hydrogen) atoms. The van der Waals surface area contributed by atoms with E-state index in [0.717, 1.165) is 48.9 Å². The van der Waals surface area contributed by atoms with Gasteiger partial charge < -0.3 is 19.9 Å². The predicted octanol–water partition coefficient (Wildman–Crippen LogP) is 4.02. The van der Waals surface area contributed by atoms with Crippen LogP contribution in [0.2, 0.25) is 0 Å². The Morgan fingerprint density at radius 3 is 2.50 bits per heavy atom. The second-order valence-electron chi connectivity index (χ2n) is 8.99. The molecule has 184 valence electrons. The molecular weight excluding hydrogens is 450 g/mol. The number of hydrogen-bond donors (Lipinski definition) is 1. The lowest BCUT2D eigenvalue weighted by atomic mass is 10.1. The van der Waals surface area contributed by atoms with Crippen LogP contribution in [0, 0.1) is 0 Å². The van der Waals surface area contributed by atoms with Gasteiger partial charge >= 0.3 is 0 Å².